The minimum absolute atomic E-state index is 0.178. The lowest BCUT2D eigenvalue weighted by atomic mass is 9.89. The van der Waals surface area contributed by atoms with E-state index in [4.69, 9.17) is 11.6 Å². The van der Waals surface area contributed by atoms with E-state index in [2.05, 4.69) is 17.4 Å². The molecule has 3 aromatic rings. The first-order valence-corrected chi connectivity index (χ1v) is 14.2. The number of anilines is 1. The van der Waals surface area contributed by atoms with Crippen LogP contribution in [0.25, 0.3) is 0 Å². The minimum atomic E-state index is -4.73. The highest BCUT2D eigenvalue weighted by molar-refractivity contribution is 7.92. The number of aryl methyl sites for hydroxylation is 2. The van der Waals surface area contributed by atoms with Crippen molar-refractivity contribution < 1.29 is 26.4 Å². The van der Waals surface area contributed by atoms with Crippen molar-refractivity contribution in [3.8, 4) is 0 Å². The van der Waals surface area contributed by atoms with Gasteiger partial charge in [0.05, 0.1) is 27.2 Å². The van der Waals surface area contributed by atoms with E-state index in [0.29, 0.717) is 16.8 Å². The van der Waals surface area contributed by atoms with Gasteiger partial charge >= 0.3 is 6.18 Å². The van der Waals surface area contributed by atoms with Crippen LogP contribution in [-0.2, 0) is 33.8 Å². The molecule has 10 heteroatoms. The van der Waals surface area contributed by atoms with Crippen molar-refractivity contribution in [1.82, 2.24) is 5.32 Å². The van der Waals surface area contributed by atoms with Gasteiger partial charge in [0.15, 0.2) is 0 Å². The van der Waals surface area contributed by atoms with Crippen LogP contribution in [0, 0.1) is 0 Å². The number of carbonyl (C=O) groups excluding carboxylic acids is 1. The predicted molar refractivity (Wildman–Crippen MR) is 142 cm³/mol. The molecule has 0 radical (unpaired) electrons. The van der Waals surface area contributed by atoms with Gasteiger partial charge in [0.1, 0.15) is 6.54 Å². The Balaban J connectivity index is 1.67. The summed E-state index contributed by atoms with van der Waals surface area (Å²) in [5, 5.41) is 2.64. The standard InChI is InChI=1S/C28H28ClF3N2O3S/c1-2-25(21-13-12-19-8-6-7-9-20(19)16-21)33-27(35)18-34(38(36,37)23-10-4-3-5-11-23)26-17-22(28(30,31)32)14-15-24(26)29/h3-5,10-17,25H,2,6-9,18H2,1H3,(H,33,35)/t25-/m0/s1. The van der Waals surface area contributed by atoms with Gasteiger partial charge in [-0.2, -0.15) is 13.2 Å². The first-order chi connectivity index (χ1) is 18.0. The number of rotatable bonds is 8. The lowest BCUT2D eigenvalue weighted by Gasteiger charge is -2.27. The molecular formula is C28H28ClF3N2O3S. The van der Waals surface area contributed by atoms with Crippen LogP contribution in [-0.4, -0.2) is 20.9 Å². The molecule has 0 saturated carbocycles. The van der Waals surface area contributed by atoms with Crippen molar-refractivity contribution in [1.29, 1.82) is 0 Å². The molecule has 0 heterocycles. The maximum Gasteiger partial charge on any atom is 0.416 e. The van der Waals surface area contributed by atoms with Crippen molar-refractivity contribution in [2.45, 2.75) is 56.1 Å². The van der Waals surface area contributed by atoms with Crippen LogP contribution in [0.1, 0.15) is 54.5 Å². The third kappa shape index (κ3) is 6.15. The molecule has 202 valence electrons. The van der Waals surface area contributed by atoms with Crippen molar-refractivity contribution >= 4 is 33.2 Å². The fourth-order valence-electron chi connectivity index (χ4n) is 4.66. The first-order valence-electron chi connectivity index (χ1n) is 12.4. The molecule has 4 rings (SSSR count). The lowest BCUT2D eigenvalue weighted by molar-refractivity contribution is -0.137. The van der Waals surface area contributed by atoms with Gasteiger partial charge in [0, 0.05) is 0 Å². The van der Waals surface area contributed by atoms with Crippen LogP contribution in [0.3, 0.4) is 0 Å². The van der Waals surface area contributed by atoms with E-state index in [-0.39, 0.29) is 9.92 Å². The third-order valence-corrected chi connectivity index (χ3v) is 8.77. The van der Waals surface area contributed by atoms with Crippen LogP contribution in [0.2, 0.25) is 5.02 Å². The highest BCUT2D eigenvalue weighted by Gasteiger charge is 2.34. The molecule has 1 aliphatic carbocycles. The van der Waals surface area contributed by atoms with Gasteiger partial charge in [0.25, 0.3) is 10.0 Å². The molecule has 5 nitrogen and oxygen atoms in total. The van der Waals surface area contributed by atoms with E-state index >= 15 is 0 Å². The zero-order valence-corrected chi connectivity index (χ0v) is 22.3. The van der Waals surface area contributed by atoms with E-state index in [0.717, 1.165) is 43.4 Å². The molecule has 1 N–H and O–H groups in total. The Morgan fingerprint density at radius 1 is 1.00 bits per heavy atom. The summed E-state index contributed by atoms with van der Waals surface area (Å²) < 4.78 is 68.2. The van der Waals surface area contributed by atoms with Crippen molar-refractivity contribution in [2.75, 3.05) is 10.8 Å². The van der Waals surface area contributed by atoms with Crippen LogP contribution in [0.15, 0.2) is 71.6 Å². The van der Waals surface area contributed by atoms with Crippen LogP contribution < -0.4 is 9.62 Å². The number of alkyl halides is 3. The smallest absolute Gasteiger partial charge is 0.348 e. The first kappa shape index (κ1) is 28.0. The zero-order chi connectivity index (χ0) is 27.5. The number of nitrogens with zero attached hydrogens (tertiary/aromatic N) is 1. The molecule has 0 unspecified atom stereocenters. The molecule has 0 saturated heterocycles. The molecule has 0 aliphatic heterocycles. The maximum absolute atomic E-state index is 13.6. The van der Waals surface area contributed by atoms with Crippen LogP contribution in [0.5, 0.6) is 0 Å². The molecule has 1 aliphatic rings. The van der Waals surface area contributed by atoms with Crippen molar-refractivity contribution in [3.05, 3.63) is 94.0 Å². The summed E-state index contributed by atoms with van der Waals surface area (Å²) in [4.78, 5) is 13.1. The topological polar surface area (TPSA) is 66.5 Å². The summed E-state index contributed by atoms with van der Waals surface area (Å²) in [5.41, 5.74) is 1.93. The SMILES string of the molecule is CC[C@H](NC(=O)CN(c1cc(C(F)(F)F)ccc1Cl)S(=O)(=O)c1ccccc1)c1ccc2c(c1)CCCC2. The second-order valence-corrected chi connectivity index (χ2v) is 11.5. The molecule has 0 bridgehead atoms. The summed E-state index contributed by atoms with van der Waals surface area (Å²) in [5.74, 6) is -0.664. The monoisotopic (exact) mass is 564 g/mol. The number of fused-ring (bicyclic) bond motifs is 1. The number of carbonyl (C=O) groups is 1. The highest BCUT2D eigenvalue weighted by atomic mass is 35.5. The molecule has 3 aromatic carbocycles. The van der Waals surface area contributed by atoms with Crippen molar-refractivity contribution in [3.63, 3.8) is 0 Å². The fourth-order valence-corrected chi connectivity index (χ4v) is 6.38. The Morgan fingerprint density at radius 2 is 1.68 bits per heavy atom. The number of hydrogen-bond donors (Lipinski definition) is 1. The van der Waals surface area contributed by atoms with Gasteiger partial charge in [-0.25, -0.2) is 8.42 Å². The second kappa shape index (κ2) is 11.4. The lowest BCUT2D eigenvalue weighted by Crippen LogP contribution is -2.42. The van der Waals surface area contributed by atoms with E-state index in [1.807, 2.05) is 13.0 Å². The van der Waals surface area contributed by atoms with Crippen LogP contribution in [0.4, 0.5) is 18.9 Å². The second-order valence-electron chi connectivity index (χ2n) is 9.25. The Bertz CT molecular complexity index is 1410. The quantitative estimate of drug-likeness (QED) is 0.331. The number of sulfonamides is 1. The summed E-state index contributed by atoms with van der Waals surface area (Å²) in [7, 11) is -4.43. The summed E-state index contributed by atoms with van der Waals surface area (Å²) >= 11 is 6.21. The number of benzene rings is 3. The van der Waals surface area contributed by atoms with E-state index in [9.17, 15) is 26.4 Å². The molecular weight excluding hydrogens is 537 g/mol. The third-order valence-electron chi connectivity index (χ3n) is 6.68. The largest absolute Gasteiger partial charge is 0.416 e. The normalized spacial score (nSPS) is 14.4. The summed E-state index contributed by atoms with van der Waals surface area (Å²) in [6, 6.07) is 15.3. The molecule has 0 aromatic heterocycles. The minimum Gasteiger partial charge on any atom is -0.348 e. The summed E-state index contributed by atoms with van der Waals surface area (Å²) in [6.07, 6.45) is 0.0328. The van der Waals surface area contributed by atoms with Crippen molar-refractivity contribution in [2.24, 2.45) is 0 Å². The average Bonchev–Trinajstić information content (AvgIpc) is 2.90. The van der Waals surface area contributed by atoms with Crippen LogP contribution >= 0.6 is 11.6 Å². The van der Waals surface area contributed by atoms with E-state index in [1.165, 1.54) is 35.4 Å². The maximum atomic E-state index is 13.6. The molecule has 1 amide bonds. The van der Waals surface area contributed by atoms with Gasteiger partial charge in [-0.1, -0.05) is 54.9 Å². The Labute approximate surface area is 225 Å². The number of nitrogens with one attached hydrogen (secondary N) is 1. The molecule has 1 atom stereocenters. The van der Waals surface area contributed by atoms with Gasteiger partial charge in [-0.15, -0.1) is 0 Å². The Hall–Kier alpha value is -3.04. The van der Waals surface area contributed by atoms with Gasteiger partial charge < -0.3 is 5.32 Å². The summed E-state index contributed by atoms with van der Waals surface area (Å²) in [6.45, 7) is 1.15. The van der Waals surface area contributed by atoms with Gasteiger partial charge in [-0.05, 0) is 79.1 Å². The predicted octanol–water partition coefficient (Wildman–Crippen LogP) is 6.70. The number of halogens is 4. The molecule has 38 heavy (non-hydrogen) atoms. The fraction of sp³-hybridized carbons (Fsp3) is 0.321. The zero-order valence-electron chi connectivity index (χ0n) is 20.8. The average molecular weight is 565 g/mol. The van der Waals surface area contributed by atoms with E-state index in [1.54, 1.807) is 6.07 Å². The molecule has 0 spiro atoms. The van der Waals surface area contributed by atoms with Gasteiger partial charge in [0.2, 0.25) is 5.91 Å². The van der Waals surface area contributed by atoms with Gasteiger partial charge in [-0.3, -0.25) is 9.10 Å². The number of amides is 1. The number of hydrogen-bond acceptors (Lipinski definition) is 3. The van der Waals surface area contributed by atoms with E-state index < -0.39 is 45.9 Å². The Morgan fingerprint density at radius 3 is 2.34 bits per heavy atom. The Kier molecular flexibility index (Phi) is 8.37. The highest BCUT2D eigenvalue weighted by Crippen LogP contribution is 2.37. The molecule has 0 fully saturated rings.